The van der Waals surface area contributed by atoms with Crippen LogP contribution in [0.1, 0.15) is 33.3 Å². The Labute approximate surface area is 112 Å². The number of nitrogens with two attached hydrogens (primary N) is 1. The van der Waals surface area contributed by atoms with E-state index in [-0.39, 0.29) is 5.41 Å². The normalized spacial score (nSPS) is 13.9. The van der Waals surface area contributed by atoms with Gasteiger partial charge < -0.3 is 10.6 Å². The molecule has 0 aliphatic heterocycles. The minimum Gasteiger partial charge on any atom is -0.330 e. The van der Waals surface area contributed by atoms with Crippen LogP contribution in [0.5, 0.6) is 0 Å². The van der Waals surface area contributed by atoms with Gasteiger partial charge in [0.25, 0.3) is 0 Å². The summed E-state index contributed by atoms with van der Waals surface area (Å²) in [6, 6.07) is 11.3. The molecule has 0 aromatic heterocycles. The molecule has 1 rings (SSSR count). The van der Waals surface area contributed by atoms with Crippen LogP contribution in [0.25, 0.3) is 0 Å². The molecule has 102 valence electrons. The van der Waals surface area contributed by atoms with Crippen molar-refractivity contribution >= 4 is 0 Å². The van der Waals surface area contributed by atoms with Crippen molar-refractivity contribution in [2.75, 3.05) is 19.6 Å². The summed E-state index contributed by atoms with van der Waals surface area (Å²) in [4.78, 5) is 2.53. The van der Waals surface area contributed by atoms with E-state index in [9.17, 15) is 0 Å². The fourth-order valence-electron chi connectivity index (χ4n) is 2.28. The number of benzene rings is 1. The Balaban J connectivity index is 2.60. The van der Waals surface area contributed by atoms with Gasteiger partial charge in [-0.3, -0.25) is 0 Å². The molecule has 0 aliphatic rings. The van der Waals surface area contributed by atoms with Gasteiger partial charge in [-0.15, -0.1) is 0 Å². The second kappa shape index (κ2) is 6.91. The Morgan fingerprint density at radius 3 is 2.33 bits per heavy atom. The van der Waals surface area contributed by atoms with E-state index in [1.165, 1.54) is 5.56 Å². The molecule has 0 spiro atoms. The summed E-state index contributed by atoms with van der Waals surface area (Å²) in [7, 11) is 0. The van der Waals surface area contributed by atoms with E-state index < -0.39 is 0 Å². The van der Waals surface area contributed by atoms with Crippen LogP contribution in [0, 0.1) is 5.41 Å². The third kappa shape index (κ3) is 4.79. The van der Waals surface area contributed by atoms with Crippen molar-refractivity contribution in [3.8, 4) is 0 Å². The van der Waals surface area contributed by atoms with Gasteiger partial charge in [0.2, 0.25) is 0 Å². The maximum Gasteiger partial charge on any atom is 0.0107 e. The largest absolute Gasteiger partial charge is 0.330 e. The van der Waals surface area contributed by atoms with E-state index >= 15 is 0 Å². The molecule has 1 aromatic rings. The zero-order valence-electron chi connectivity index (χ0n) is 12.3. The van der Waals surface area contributed by atoms with Gasteiger partial charge in [0.1, 0.15) is 0 Å². The van der Waals surface area contributed by atoms with E-state index in [0.29, 0.717) is 6.04 Å². The molecule has 1 unspecified atom stereocenters. The molecule has 0 amide bonds. The molecule has 0 fully saturated rings. The first-order chi connectivity index (χ1) is 8.48. The molecular weight excluding hydrogens is 220 g/mol. The standard InChI is InChI=1S/C16H28N2/c1-5-18(13-16(3,4)12-17)14(2)11-15-9-7-6-8-10-15/h6-10,14H,5,11-13,17H2,1-4H3. The van der Waals surface area contributed by atoms with Gasteiger partial charge in [-0.05, 0) is 37.4 Å². The van der Waals surface area contributed by atoms with Crippen LogP contribution < -0.4 is 5.73 Å². The fraction of sp³-hybridized carbons (Fsp3) is 0.625. The minimum atomic E-state index is 0.195. The monoisotopic (exact) mass is 248 g/mol. The van der Waals surface area contributed by atoms with Crippen LogP contribution in [0.2, 0.25) is 0 Å². The van der Waals surface area contributed by atoms with Crippen molar-refractivity contribution in [1.29, 1.82) is 0 Å². The van der Waals surface area contributed by atoms with Crippen molar-refractivity contribution in [2.45, 2.75) is 40.2 Å². The summed E-state index contributed by atoms with van der Waals surface area (Å²) >= 11 is 0. The van der Waals surface area contributed by atoms with Gasteiger partial charge >= 0.3 is 0 Å². The average molecular weight is 248 g/mol. The molecule has 0 aliphatic carbocycles. The van der Waals surface area contributed by atoms with Gasteiger partial charge in [0.15, 0.2) is 0 Å². The van der Waals surface area contributed by atoms with Gasteiger partial charge in [0.05, 0.1) is 0 Å². The molecule has 1 aromatic carbocycles. The molecule has 0 radical (unpaired) electrons. The Kier molecular flexibility index (Phi) is 5.83. The SMILES string of the molecule is CCN(CC(C)(C)CN)C(C)Cc1ccccc1. The highest BCUT2D eigenvalue weighted by Gasteiger charge is 2.22. The lowest BCUT2D eigenvalue weighted by Crippen LogP contribution is -2.43. The first-order valence-electron chi connectivity index (χ1n) is 6.96. The van der Waals surface area contributed by atoms with E-state index in [4.69, 9.17) is 5.73 Å². The zero-order valence-corrected chi connectivity index (χ0v) is 12.3. The third-order valence-electron chi connectivity index (χ3n) is 3.59. The molecule has 0 saturated carbocycles. The molecule has 1 atom stereocenters. The number of likely N-dealkylation sites (N-methyl/N-ethyl adjacent to an activating group) is 1. The van der Waals surface area contributed by atoms with Crippen LogP contribution in [0.3, 0.4) is 0 Å². The first-order valence-corrected chi connectivity index (χ1v) is 6.96. The highest BCUT2D eigenvalue weighted by atomic mass is 15.2. The maximum atomic E-state index is 5.84. The van der Waals surface area contributed by atoms with Crippen molar-refractivity contribution < 1.29 is 0 Å². The molecule has 0 heterocycles. The third-order valence-corrected chi connectivity index (χ3v) is 3.59. The van der Waals surface area contributed by atoms with Gasteiger partial charge in [-0.2, -0.15) is 0 Å². The molecule has 2 heteroatoms. The Hall–Kier alpha value is -0.860. The lowest BCUT2D eigenvalue weighted by atomic mass is 9.92. The highest BCUT2D eigenvalue weighted by molar-refractivity contribution is 5.15. The number of hydrogen-bond acceptors (Lipinski definition) is 2. The van der Waals surface area contributed by atoms with E-state index in [1.54, 1.807) is 0 Å². The smallest absolute Gasteiger partial charge is 0.0107 e. The predicted octanol–water partition coefficient (Wildman–Crippen LogP) is 2.92. The van der Waals surface area contributed by atoms with Crippen LogP contribution >= 0.6 is 0 Å². The quantitative estimate of drug-likeness (QED) is 0.804. The molecule has 2 N–H and O–H groups in total. The summed E-state index contributed by atoms with van der Waals surface area (Å²) < 4.78 is 0. The average Bonchev–Trinajstić information content (AvgIpc) is 2.37. The zero-order chi connectivity index (χ0) is 13.6. The van der Waals surface area contributed by atoms with Crippen LogP contribution in [-0.4, -0.2) is 30.6 Å². The van der Waals surface area contributed by atoms with Gasteiger partial charge in [-0.25, -0.2) is 0 Å². The van der Waals surface area contributed by atoms with E-state index in [1.807, 2.05) is 0 Å². The second-order valence-corrected chi connectivity index (χ2v) is 5.97. The van der Waals surface area contributed by atoms with Gasteiger partial charge in [0, 0.05) is 12.6 Å². The Bertz CT molecular complexity index is 332. The molecular formula is C16H28N2. The molecule has 18 heavy (non-hydrogen) atoms. The summed E-state index contributed by atoms with van der Waals surface area (Å²) in [5.74, 6) is 0. The number of hydrogen-bond donors (Lipinski definition) is 1. The highest BCUT2D eigenvalue weighted by Crippen LogP contribution is 2.18. The Morgan fingerprint density at radius 1 is 1.22 bits per heavy atom. The fourth-order valence-corrected chi connectivity index (χ4v) is 2.28. The van der Waals surface area contributed by atoms with Crippen molar-refractivity contribution in [2.24, 2.45) is 11.1 Å². The number of nitrogens with zero attached hydrogens (tertiary/aromatic N) is 1. The molecule has 0 saturated heterocycles. The molecule has 0 bridgehead atoms. The Morgan fingerprint density at radius 2 is 1.83 bits per heavy atom. The summed E-state index contributed by atoms with van der Waals surface area (Å²) in [5.41, 5.74) is 7.44. The van der Waals surface area contributed by atoms with Crippen LogP contribution in [-0.2, 0) is 6.42 Å². The summed E-state index contributed by atoms with van der Waals surface area (Å²) in [5, 5.41) is 0. The lowest BCUT2D eigenvalue weighted by Gasteiger charge is -2.35. The van der Waals surface area contributed by atoms with Crippen molar-refractivity contribution in [3.63, 3.8) is 0 Å². The van der Waals surface area contributed by atoms with Crippen LogP contribution in [0.15, 0.2) is 30.3 Å². The van der Waals surface area contributed by atoms with E-state index in [2.05, 4.69) is 62.9 Å². The topological polar surface area (TPSA) is 29.3 Å². The molecule has 2 nitrogen and oxygen atoms in total. The minimum absolute atomic E-state index is 0.195. The lowest BCUT2D eigenvalue weighted by molar-refractivity contribution is 0.147. The van der Waals surface area contributed by atoms with Gasteiger partial charge in [-0.1, -0.05) is 51.1 Å². The summed E-state index contributed by atoms with van der Waals surface area (Å²) in [6.45, 7) is 11.9. The summed E-state index contributed by atoms with van der Waals surface area (Å²) in [6.07, 6.45) is 1.11. The van der Waals surface area contributed by atoms with Crippen molar-refractivity contribution in [3.05, 3.63) is 35.9 Å². The second-order valence-electron chi connectivity index (χ2n) is 5.97. The number of rotatable bonds is 7. The van der Waals surface area contributed by atoms with Crippen LogP contribution in [0.4, 0.5) is 0 Å². The first kappa shape index (κ1) is 15.2. The van der Waals surface area contributed by atoms with Crippen molar-refractivity contribution in [1.82, 2.24) is 4.90 Å². The van der Waals surface area contributed by atoms with E-state index in [0.717, 1.165) is 26.1 Å². The predicted molar refractivity (Wildman–Crippen MR) is 79.7 cm³/mol. The maximum absolute atomic E-state index is 5.84.